The summed E-state index contributed by atoms with van der Waals surface area (Å²) in [5, 5.41) is 3.62. The number of piperidine rings is 1. The van der Waals surface area contributed by atoms with Crippen molar-refractivity contribution in [2.24, 2.45) is 5.92 Å². The van der Waals surface area contributed by atoms with Crippen LogP contribution in [0.25, 0.3) is 0 Å². The van der Waals surface area contributed by atoms with Crippen molar-refractivity contribution in [2.75, 3.05) is 19.6 Å². The molecule has 2 heteroatoms. The van der Waals surface area contributed by atoms with E-state index in [2.05, 4.69) is 24.1 Å². The Bertz CT molecular complexity index is 173. The first kappa shape index (κ1) is 10.4. The van der Waals surface area contributed by atoms with E-state index >= 15 is 0 Å². The summed E-state index contributed by atoms with van der Waals surface area (Å²) >= 11 is 0. The molecule has 2 aliphatic heterocycles. The second kappa shape index (κ2) is 4.63. The third-order valence-corrected chi connectivity index (χ3v) is 4.04. The van der Waals surface area contributed by atoms with Crippen molar-refractivity contribution < 1.29 is 0 Å². The van der Waals surface area contributed by atoms with Crippen LogP contribution in [0.3, 0.4) is 0 Å². The molecule has 0 aliphatic carbocycles. The lowest BCUT2D eigenvalue weighted by atomic mass is 9.95. The average molecular weight is 196 g/mol. The van der Waals surface area contributed by atoms with Gasteiger partial charge in [-0.25, -0.2) is 0 Å². The summed E-state index contributed by atoms with van der Waals surface area (Å²) in [5.41, 5.74) is 0. The third-order valence-electron chi connectivity index (χ3n) is 4.04. The molecule has 0 bridgehead atoms. The van der Waals surface area contributed by atoms with E-state index < -0.39 is 0 Å². The zero-order valence-electron chi connectivity index (χ0n) is 9.63. The predicted octanol–water partition coefficient (Wildman–Crippen LogP) is 1.86. The van der Waals surface area contributed by atoms with Crippen molar-refractivity contribution in [3.63, 3.8) is 0 Å². The molecule has 0 saturated carbocycles. The van der Waals surface area contributed by atoms with Crippen LogP contribution in [0.2, 0.25) is 0 Å². The molecule has 2 saturated heterocycles. The summed E-state index contributed by atoms with van der Waals surface area (Å²) in [4.78, 5) is 2.73. The van der Waals surface area contributed by atoms with Crippen molar-refractivity contribution >= 4 is 0 Å². The zero-order valence-corrected chi connectivity index (χ0v) is 9.63. The van der Waals surface area contributed by atoms with E-state index in [-0.39, 0.29) is 0 Å². The van der Waals surface area contributed by atoms with Crippen molar-refractivity contribution in [2.45, 2.75) is 51.6 Å². The number of hydrogen-bond donors (Lipinski definition) is 1. The minimum Gasteiger partial charge on any atom is -0.312 e. The van der Waals surface area contributed by atoms with E-state index in [0.29, 0.717) is 0 Å². The van der Waals surface area contributed by atoms with Gasteiger partial charge in [0.2, 0.25) is 0 Å². The second-order valence-corrected chi connectivity index (χ2v) is 5.04. The van der Waals surface area contributed by atoms with Crippen LogP contribution in [0.1, 0.15) is 39.5 Å². The van der Waals surface area contributed by atoms with Gasteiger partial charge < -0.3 is 5.32 Å². The normalized spacial score (nSPS) is 36.4. The van der Waals surface area contributed by atoms with Gasteiger partial charge in [0.05, 0.1) is 0 Å². The van der Waals surface area contributed by atoms with Crippen LogP contribution in [0.5, 0.6) is 0 Å². The molecule has 2 heterocycles. The van der Waals surface area contributed by atoms with Crippen LogP contribution in [-0.4, -0.2) is 36.6 Å². The zero-order chi connectivity index (χ0) is 9.97. The smallest absolute Gasteiger partial charge is 0.0261 e. The summed E-state index contributed by atoms with van der Waals surface area (Å²) in [6, 6.07) is 1.61. The van der Waals surface area contributed by atoms with Crippen LogP contribution in [0.4, 0.5) is 0 Å². The van der Waals surface area contributed by atoms with Gasteiger partial charge in [0.1, 0.15) is 0 Å². The maximum absolute atomic E-state index is 3.62. The SMILES string of the molecule is CCC1NCCC1N1CCC(C)CC1. The highest BCUT2D eigenvalue weighted by Crippen LogP contribution is 2.23. The molecule has 2 nitrogen and oxygen atoms in total. The number of rotatable bonds is 2. The van der Waals surface area contributed by atoms with Gasteiger partial charge >= 0.3 is 0 Å². The highest BCUT2D eigenvalue weighted by molar-refractivity contribution is 4.91. The molecule has 1 N–H and O–H groups in total. The fourth-order valence-electron chi connectivity index (χ4n) is 2.97. The fourth-order valence-corrected chi connectivity index (χ4v) is 2.97. The minimum absolute atomic E-state index is 0.767. The lowest BCUT2D eigenvalue weighted by Gasteiger charge is -2.37. The van der Waals surface area contributed by atoms with Gasteiger partial charge in [0, 0.05) is 12.1 Å². The molecule has 0 radical (unpaired) electrons. The molecule has 2 atom stereocenters. The van der Waals surface area contributed by atoms with E-state index in [4.69, 9.17) is 0 Å². The molecule has 2 rings (SSSR count). The van der Waals surface area contributed by atoms with Crippen LogP contribution in [0, 0.1) is 5.92 Å². The summed E-state index contributed by atoms with van der Waals surface area (Å²) in [6.07, 6.45) is 5.48. The minimum atomic E-state index is 0.767. The van der Waals surface area contributed by atoms with Crippen LogP contribution in [-0.2, 0) is 0 Å². The Morgan fingerprint density at radius 2 is 1.93 bits per heavy atom. The molecule has 0 aromatic rings. The summed E-state index contributed by atoms with van der Waals surface area (Å²) in [7, 11) is 0. The van der Waals surface area contributed by atoms with Crippen molar-refractivity contribution in [3.05, 3.63) is 0 Å². The van der Waals surface area contributed by atoms with Gasteiger partial charge in [-0.3, -0.25) is 4.90 Å². The Kier molecular flexibility index (Phi) is 3.45. The molecular weight excluding hydrogens is 172 g/mol. The summed E-state index contributed by atoms with van der Waals surface area (Å²) in [6.45, 7) is 8.60. The maximum atomic E-state index is 3.62. The van der Waals surface area contributed by atoms with Crippen molar-refractivity contribution in [1.29, 1.82) is 0 Å². The Morgan fingerprint density at radius 3 is 2.57 bits per heavy atom. The topological polar surface area (TPSA) is 15.3 Å². The van der Waals surface area contributed by atoms with Gasteiger partial charge in [0.25, 0.3) is 0 Å². The highest BCUT2D eigenvalue weighted by Gasteiger charge is 2.31. The Hall–Kier alpha value is -0.0800. The largest absolute Gasteiger partial charge is 0.312 e. The molecule has 2 unspecified atom stereocenters. The van der Waals surface area contributed by atoms with E-state index in [1.54, 1.807) is 0 Å². The average Bonchev–Trinajstić information content (AvgIpc) is 2.67. The third kappa shape index (κ3) is 2.12. The summed E-state index contributed by atoms with van der Waals surface area (Å²) < 4.78 is 0. The van der Waals surface area contributed by atoms with Crippen LogP contribution < -0.4 is 5.32 Å². The first-order valence-corrected chi connectivity index (χ1v) is 6.28. The molecule has 0 amide bonds. The molecule has 0 aromatic carbocycles. The van der Waals surface area contributed by atoms with E-state index in [9.17, 15) is 0 Å². The van der Waals surface area contributed by atoms with Gasteiger partial charge in [-0.1, -0.05) is 13.8 Å². The predicted molar refractivity (Wildman–Crippen MR) is 60.5 cm³/mol. The molecule has 0 aromatic heterocycles. The standard InChI is InChI=1S/C12H24N2/c1-3-11-12(4-7-13-11)14-8-5-10(2)6-9-14/h10-13H,3-9H2,1-2H3. The van der Waals surface area contributed by atoms with Gasteiger partial charge in [-0.05, 0) is 51.2 Å². The number of nitrogens with one attached hydrogen (secondary N) is 1. The van der Waals surface area contributed by atoms with Gasteiger partial charge in [-0.15, -0.1) is 0 Å². The van der Waals surface area contributed by atoms with E-state index in [1.807, 2.05) is 0 Å². The summed E-state index contributed by atoms with van der Waals surface area (Å²) in [5.74, 6) is 0.959. The molecule has 82 valence electrons. The highest BCUT2D eigenvalue weighted by atomic mass is 15.2. The fraction of sp³-hybridized carbons (Fsp3) is 1.00. The van der Waals surface area contributed by atoms with Crippen LogP contribution in [0.15, 0.2) is 0 Å². The molecule has 2 aliphatic rings. The van der Waals surface area contributed by atoms with E-state index in [0.717, 1.165) is 18.0 Å². The molecule has 14 heavy (non-hydrogen) atoms. The van der Waals surface area contributed by atoms with Crippen LogP contribution >= 0.6 is 0 Å². The lowest BCUT2D eigenvalue weighted by Crippen LogP contribution is -2.46. The van der Waals surface area contributed by atoms with Crippen molar-refractivity contribution in [1.82, 2.24) is 10.2 Å². The molecule has 2 fully saturated rings. The van der Waals surface area contributed by atoms with Crippen molar-refractivity contribution in [3.8, 4) is 0 Å². The molecule has 0 spiro atoms. The number of nitrogens with zero attached hydrogens (tertiary/aromatic N) is 1. The van der Waals surface area contributed by atoms with E-state index in [1.165, 1.54) is 45.3 Å². The Labute approximate surface area is 88.1 Å². The first-order valence-electron chi connectivity index (χ1n) is 6.28. The maximum Gasteiger partial charge on any atom is 0.0261 e. The second-order valence-electron chi connectivity index (χ2n) is 5.04. The number of hydrogen-bond acceptors (Lipinski definition) is 2. The number of likely N-dealkylation sites (tertiary alicyclic amines) is 1. The Balaban J connectivity index is 1.88. The monoisotopic (exact) mass is 196 g/mol. The molecular formula is C12H24N2. The quantitative estimate of drug-likeness (QED) is 0.725. The lowest BCUT2D eigenvalue weighted by molar-refractivity contribution is 0.127. The Morgan fingerprint density at radius 1 is 1.21 bits per heavy atom. The van der Waals surface area contributed by atoms with Gasteiger partial charge in [-0.2, -0.15) is 0 Å². The van der Waals surface area contributed by atoms with Gasteiger partial charge in [0.15, 0.2) is 0 Å². The first-order chi connectivity index (χ1) is 6.81.